The quantitative estimate of drug-likeness (QED) is 0.546. The predicted molar refractivity (Wildman–Crippen MR) is 94.6 cm³/mol. The van der Waals surface area contributed by atoms with Gasteiger partial charge in [0.25, 0.3) is 0 Å². The van der Waals surface area contributed by atoms with Crippen LogP contribution in [0.4, 0.5) is 0 Å². The lowest BCUT2D eigenvalue weighted by molar-refractivity contribution is -0.126. The molecular formula is C17H25N3O4S. The third-order valence-electron chi connectivity index (χ3n) is 4.40. The van der Waals surface area contributed by atoms with E-state index in [0.29, 0.717) is 44.6 Å². The second kappa shape index (κ2) is 8.55. The fraction of sp³-hybridized carbons (Fsp3) is 0.529. The molecule has 1 fully saturated rings. The van der Waals surface area contributed by atoms with Gasteiger partial charge in [0.05, 0.1) is 4.90 Å². The van der Waals surface area contributed by atoms with E-state index in [-0.39, 0.29) is 22.5 Å². The molecule has 1 aliphatic heterocycles. The number of carbonyl (C=O) groups is 2. The highest BCUT2D eigenvalue weighted by Crippen LogP contribution is 2.24. The first-order chi connectivity index (χ1) is 11.9. The van der Waals surface area contributed by atoms with Crippen LogP contribution in [0.25, 0.3) is 0 Å². The number of benzene rings is 1. The van der Waals surface area contributed by atoms with Crippen LogP contribution in [0.3, 0.4) is 0 Å². The van der Waals surface area contributed by atoms with Crippen LogP contribution in [0.15, 0.2) is 29.2 Å². The van der Waals surface area contributed by atoms with E-state index in [1.165, 1.54) is 35.5 Å². The predicted octanol–water partition coefficient (Wildman–Crippen LogP) is 0.755. The van der Waals surface area contributed by atoms with E-state index in [9.17, 15) is 18.0 Å². The van der Waals surface area contributed by atoms with Gasteiger partial charge in [-0.1, -0.05) is 12.1 Å². The molecule has 1 aromatic rings. The Kier molecular flexibility index (Phi) is 6.69. The van der Waals surface area contributed by atoms with Crippen molar-refractivity contribution >= 4 is 21.7 Å². The summed E-state index contributed by atoms with van der Waals surface area (Å²) in [4.78, 5) is 23.5. The summed E-state index contributed by atoms with van der Waals surface area (Å²) in [6.45, 7) is 3.14. The summed E-state index contributed by atoms with van der Waals surface area (Å²) in [5, 5.41) is 2.84. The van der Waals surface area contributed by atoms with Gasteiger partial charge in [-0.25, -0.2) is 8.42 Å². The van der Waals surface area contributed by atoms with E-state index in [0.717, 1.165) is 6.42 Å². The standard InChI is InChI=1S/C17H25N3O4S/c1-13(21)14-3-5-16(6-4-14)25(23,24)20-11-7-15(8-12-20)17(22)19-10-2-9-18/h3-6,15H,2,7-12,18H2,1H3,(H,19,22). The number of nitrogens with one attached hydrogen (secondary N) is 1. The van der Waals surface area contributed by atoms with Crippen LogP contribution < -0.4 is 11.1 Å². The lowest BCUT2D eigenvalue weighted by Crippen LogP contribution is -2.43. The molecule has 8 heteroatoms. The Morgan fingerprint density at radius 1 is 1.20 bits per heavy atom. The van der Waals surface area contributed by atoms with Crippen molar-refractivity contribution in [2.75, 3.05) is 26.2 Å². The van der Waals surface area contributed by atoms with Gasteiger partial charge in [-0.05, 0) is 44.9 Å². The third-order valence-corrected chi connectivity index (χ3v) is 6.32. The zero-order valence-electron chi connectivity index (χ0n) is 14.4. The minimum atomic E-state index is -3.60. The Balaban J connectivity index is 1.96. The summed E-state index contributed by atoms with van der Waals surface area (Å²) in [5.41, 5.74) is 5.88. The summed E-state index contributed by atoms with van der Waals surface area (Å²) in [7, 11) is -3.60. The topological polar surface area (TPSA) is 110 Å². The van der Waals surface area contributed by atoms with Crippen LogP contribution in [0, 0.1) is 5.92 Å². The van der Waals surface area contributed by atoms with Crippen molar-refractivity contribution in [3.05, 3.63) is 29.8 Å². The Morgan fingerprint density at radius 2 is 1.80 bits per heavy atom. The normalized spacial score (nSPS) is 16.6. The summed E-state index contributed by atoms with van der Waals surface area (Å²) in [6.07, 6.45) is 1.73. The smallest absolute Gasteiger partial charge is 0.243 e. The first kappa shape index (κ1) is 19.6. The second-order valence-corrected chi connectivity index (χ2v) is 8.13. The third kappa shape index (κ3) is 4.87. The number of rotatable bonds is 7. The number of nitrogens with two attached hydrogens (primary N) is 1. The molecule has 25 heavy (non-hydrogen) atoms. The summed E-state index contributed by atoms with van der Waals surface area (Å²) >= 11 is 0. The first-order valence-electron chi connectivity index (χ1n) is 8.45. The molecule has 1 amide bonds. The number of Topliss-reactive ketones (excluding diaryl/α,β-unsaturated/α-hetero) is 1. The Bertz CT molecular complexity index is 708. The van der Waals surface area contributed by atoms with Gasteiger partial charge < -0.3 is 11.1 Å². The van der Waals surface area contributed by atoms with Gasteiger partial charge in [-0.2, -0.15) is 4.31 Å². The molecule has 0 aromatic heterocycles. The summed E-state index contributed by atoms with van der Waals surface area (Å²) < 4.78 is 26.8. The number of hydrogen-bond acceptors (Lipinski definition) is 5. The number of sulfonamides is 1. The maximum absolute atomic E-state index is 12.7. The molecule has 0 spiro atoms. The number of piperidine rings is 1. The minimum absolute atomic E-state index is 0.0312. The van der Waals surface area contributed by atoms with Crippen LogP contribution in [0.1, 0.15) is 36.5 Å². The fourth-order valence-electron chi connectivity index (χ4n) is 2.83. The van der Waals surface area contributed by atoms with Crippen LogP contribution >= 0.6 is 0 Å². The van der Waals surface area contributed by atoms with Crippen molar-refractivity contribution in [3.8, 4) is 0 Å². The highest BCUT2D eigenvalue weighted by Gasteiger charge is 2.31. The second-order valence-electron chi connectivity index (χ2n) is 6.19. The van der Waals surface area contributed by atoms with Crippen LogP contribution in [-0.2, 0) is 14.8 Å². The van der Waals surface area contributed by atoms with Gasteiger partial charge in [0.1, 0.15) is 0 Å². The van der Waals surface area contributed by atoms with Gasteiger partial charge in [0.2, 0.25) is 15.9 Å². The molecule has 138 valence electrons. The molecule has 0 radical (unpaired) electrons. The molecule has 0 unspecified atom stereocenters. The van der Waals surface area contributed by atoms with Gasteiger partial charge in [-0.3, -0.25) is 9.59 Å². The number of hydrogen-bond donors (Lipinski definition) is 2. The average molecular weight is 367 g/mol. The first-order valence-corrected chi connectivity index (χ1v) is 9.89. The monoisotopic (exact) mass is 367 g/mol. The highest BCUT2D eigenvalue weighted by molar-refractivity contribution is 7.89. The molecular weight excluding hydrogens is 342 g/mol. The van der Waals surface area contributed by atoms with E-state index >= 15 is 0 Å². The molecule has 1 saturated heterocycles. The van der Waals surface area contributed by atoms with Crippen LogP contribution in [0.2, 0.25) is 0 Å². The Labute approximate surface area is 148 Å². The average Bonchev–Trinajstić information content (AvgIpc) is 2.62. The van der Waals surface area contributed by atoms with E-state index in [1.54, 1.807) is 0 Å². The number of nitrogens with zero attached hydrogens (tertiary/aromatic N) is 1. The van der Waals surface area contributed by atoms with Gasteiger partial charge in [-0.15, -0.1) is 0 Å². The Morgan fingerprint density at radius 3 is 2.32 bits per heavy atom. The molecule has 3 N–H and O–H groups in total. The van der Waals surface area contributed by atoms with Crippen molar-refractivity contribution in [2.45, 2.75) is 31.1 Å². The highest BCUT2D eigenvalue weighted by atomic mass is 32.2. The summed E-state index contributed by atoms with van der Waals surface area (Å²) in [5.74, 6) is -0.300. The van der Waals surface area contributed by atoms with Crippen LogP contribution in [-0.4, -0.2) is 50.6 Å². The van der Waals surface area contributed by atoms with E-state index < -0.39 is 10.0 Å². The molecule has 2 rings (SSSR count). The van der Waals surface area contributed by atoms with E-state index in [4.69, 9.17) is 5.73 Å². The molecule has 1 aliphatic rings. The molecule has 1 heterocycles. The minimum Gasteiger partial charge on any atom is -0.356 e. The number of amides is 1. The van der Waals surface area contributed by atoms with Crippen molar-refractivity contribution < 1.29 is 18.0 Å². The summed E-state index contributed by atoms with van der Waals surface area (Å²) in [6, 6.07) is 5.95. The van der Waals surface area contributed by atoms with Crippen molar-refractivity contribution in [1.82, 2.24) is 9.62 Å². The fourth-order valence-corrected chi connectivity index (χ4v) is 4.30. The zero-order valence-corrected chi connectivity index (χ0v) is 15.2. The maximum atomic E-state index is 12.7. The molecule has 0 saturated carbocycles. The van der Waals surface area contributed by atoms with Gasteiger partial charge in [0, 0.05) is 31.1 Å². The van der Waals surface area contributed by atoms with Crippen molar-refractivity contribution in [2.24, 2.45) is 11.7 Å². The Hall–Kier alpha value is -1.77. The molecule has 0 aliphatic carbocycles. The largest absolute Gasteiger partial charge is 0.356 e. The number of ketones is 1. The SMILES string of the molecule is CC(=O)c1ccc(S(=O)(=O)N2CCC(C(=O)NCCCN)CC2)cc1. The maximum Gasteiger partial charge on any atom is 0.243 e. The molecule has 0 atom stereocenters. The number of carbonyl (C=O) groups excluding carboxylic acids is 2. The molecule has 1 aromatic carbocycles. The molecule has 0 bridgehead atoms. The van der Waals surface area contributed by atoms with Gasteiger partial charge in [0.15, 0.2) is 5.78 Å². The van der Waals surface area contributed by atoms with Crippen molar-refractivity contribution in [3.63, 3.8) is 0 Å². The van der Waals surface area contributed by atoms with E-state index in [2.05, 4.69) is 5.32 Å². The van der Waals surface area contributed by atoms with Gasteiger partial charge >= 0.3 is 0 Å². The molecule has 7 nitrogen and oxygen atoms in total. The zero-order chi connectivity index (χ0) is 18.4. The lowest BCUT2D eigenvalue weighted by atomic mass is 9.97. The van der Waals surface area contributed by atoms with Crippen molar-refractivity contribution in [1.29, 1.82) is 0 Å². The lowest BCUT2D eigenvalue weighted by Gasteiger charge is -2.30. The van der Waals surface area contributed by atoms with E-state index in [1.807, 2.05) is 0 Å². The van der Waals surface area contributed by atoms with Crippen LogP contribution in [0.5, 0.6) is 0 Å².